The van der Waals surface area contributed by atoms with Crippen LogP contribution in [0.3, 0.4) is 0 Å². The molecule has 1 amide bonds. The van der Waals surface area contributed by atoms with E-state index in [4.69, 9.17) is 0 Å². The first-order valence-electron chi connectivity index (χ1n) is 10.9. The van der Waals surface area contributed by atoms with E-state index in [1.807, 2.05) is 31.7 Å². The summed E-state index contributed by atoms with van der Waals surface area (Å²) in [6.45, 7) is 12.2. The average Bonchev–Trinajstić information content (AvgIpc) is 3.15. The quantitative estimate of drug-likeness (QED) is 0.627. The van der Waals surface area contributed by atoms with Gasteiger partial charge in [-0.05, 0) is 57.4 Å². The summed E-state index contributed by atoms with van der Waals surface area (Å²) in [6.07, 6.45) is 1.52. The van der Waals surface area contributed by atoms with Crippen molar-refractivity contribution < 1.29 is 13.2 Å². The molecule has 1 aromatic rings. The number of rotatable bonds is 7. The van der Waals surface area contributed by atoms with E-state index in [0.29, 0.717) is 5.17 Å². The molecular weight excluding hydrogens is 418 g/mol. The van der Waals surface area contributed by atoms with Crippen LogP contribution >= 0.6 is 11.8 Å². The van der Waals surface area contributed by atoms with Crippen molar-refractivity contribution in [2.45, 2.75) is 58.8 Å². The van der Waals surface area contributed by atoms with Crippen molar-refractivity contribution in [3.8, 4) is 0 Å². The topological polar surface area (TPSA) is 70.0 Å². The summed E-state index contributed by atoms with van der Waals surface area (Å²) in [5.74, 6) is 0.0660. The maximum atomic E-state index is 12.7. The lowest BCUT2D eigenvalue weighted by Gasteiger charge is -2.28. The highest BCUT2D eigenvalue weighted by atomic mass is 32.2. The monoisotopic (exact) mass is 451 g/mol. The second kappa shape index (κ2) is 9.30. The molecule has 1 aromatic carbocycles. The minimum absolute atomic E-state index is 0.0786. The predicted octanol–water partition coefficient (Wildman–Crippen LogP) is 3.88. The van der Waals surface area contributed by atoms with Gasteiger partial charge in [0.15, 0.2) is 15.0 Å². The number of aliphatic imine (C=N–C) groups is 1. The number of benzene rings is 1. The fourth-order valence-electron chi connectivity index (χ4n) is 4.37. The Bertz CT molecular complexity index is 922. The molecule has 0 aliphatic carbocycles. The second-order valence-corrected chi connectivity index (χ2v) is 11.4. The van der Waals surface area contributed by atoms with Crippen molar-refractivity contribution in [2.24, 2.45) is 10.9 Å². The van der Waals surface area contributed by atoms with Gasteiger partial charge in [0.2, 0.25) is 0 Å². The van der Waals surface area contributed by atoms with Crippen LogP contribution in [0.25, 0.3) is 0 Å². The van der Waals surface area contributed by atoms with E-state index in [1.54, 1.807) is 0 Å². The van der Waals surface area contributed by atoms with Crippen molar-refractivity contribution >= 4 is 44.0 Å². The van der Waals surface area contributed by atoms with Gasteiger partial charge in [0.25, 0.3) is 5.91 Å². The maximum Gasteiger partial charge on any atom is 0.251 e. The number of thioether (sulfide) groups is 1. The molecule has 0 N–H and O–H groups in total. The van der Waals surface area contributed by atoms with Crippen LogP contribution in [0, 0.1) is 12.8 Å². The van der Waals surface area contributed by atoms with Crippen LogP contribution in [0.1, 0.15) is 46.1 Å². The fourth-order valence-corrected chi connectivity index (χ4v) is 8.28. The van der Waals surface area contributed by atoms with Crippen LogP contribution in [0.5, 0.6) is 0 Å². The Labute approximate surface area is 185 Å². The normalized spacial score (nSPS) is 23.9. The van der Waals surface area contributed by atoms with Gasteiger partial charge in [0, 0.05) is 35.6 Å². The molecule has 0 bridgehead atoms. The van der Waals surface area contributed by atoms with E-state index in [0.717, 1.165) is 42.9 Å². The summed E-state index contributed by atoms with van der Waals surface area (Å²) in [4.78, 5) is 21.5. The SMILES string of the molecule is CCC(CC)C(=O)N=C1S[C@H]2CS(=O)(=O)C[C@H]2N1c1ccc(N(CC)CC)cc1C. The van der Waals surface area contributed by atoms with Gasteiger partial charge in [-0.25, -0.2) is 8.42 Å². The second-order valence-electron chi connectivity index (χ2n) is 8.06. The molecule has 2 aliphatic heterocycles. The van der Waals surface area contributed by atoms with E-state index >= 15 is 0 Å². The summed E-state index contributed by atoms with van der Waals surface area (Å²) in [6, 6.07) is 6.10. The minimum atomic E-state index is -3.08. The van der Waals surface area contributed by atoms with Crippen molar-refractivity contribution in [2.75, 3.05) is 34.4 Å². The van der Waals surface area contributed by atoms with Crippen molar-refractivity contribution in [3.05, 3.63) is 23.8 Å². The number of sulfone groups is 1. The Kier molecular flexibility index (Phi) is 7.17. The van der Waals surface area contributed by atoms with E-state index < -0.39 is 9.84 Å². The number of fused-ring (bicyclic) bond motifs is 1. The molecule has 2 heterocycles. The van der Waals surface area contributed by atoms with Gasteiger partial charge in [-0.1, -0.05) is 25.6 Å². The molecule has 2 atom stereocenters. The van der Waals surface area contributed by atoms with Gasteiger partial charge in [-0.2, -0.15) is 4.99 Å². The van der Waals surface area contributed by atoms with Gasteiger partial charge in [0.05, 0.1) is 17.5 Å². The molecule has 166 valence electrons. The van der Waals surface area contributed by atoms with Crippen LogP contribution in [0.2, 0.25) is 0 Å². The number of aryl methyl sites for hydroxylation is 1. The average molecular weight is 452 g/mol. The predicted molar refractivity (Wildman–Crippen MR) is 128 cm³/mol. The number of hydrogen-bond acceptors (Lipinski definition) is 5. The summed E-state index contributed by atoms with van der Waals surface area (Å²) < 4.78 is 24.6. The van der Waals surface area contributed by atoms with E-state index in [2.05, 4.69) is 35.9 Å². The van der Waals surface area contributed by atoms with Crippen LogP contribution in [0.15, 0.2) is 23.2 Å². The van der Waals surface area contributed by atoms with Crippen molar-refractivity contribution in [1.29, 1.82) is 0 Å². The first kappa shape index (κ1) is 23.1. The van der Waals surface area contributed by atoms with E-state index in [1.165, 1.54) is 11.8 Å². The summed E-state index contributed by atoms with van der Waals surface area (Å²) in [5.41, 5.74) is 3.15. The lowest BCUT2D eigenvalue weighted by molar-refractivity contribution is -0.121. The van der Waals surface area contributed by atoms with Crippen LogP contribution in [-0.4, -0.2) is 55.4 Å². The highest BCUT2D eigenvalue weighted by Crippen LogP contribution is 2.42. The number of carbonyl (C=O) groups excluding carboxylic acids is 1. The van der Waals surface area contributed by atoms with Crippen LogP contribution < -0.4 is 9.80 Å². The number of hydrogen-bond donors (Lipinski definition) is 0. The largest absolute Gasteiger partial charge is 0.372 e. The third-order valence-electron chi connectivity index (χ3n) is 6.18. The van der Waals surface area contributed by atoms with Gasteiger partial charge in [-0.3, -0.25) is 4.79 Å². The number of anilines is 2. The van der Waals surface area contributed by atoms with E-state index in [9.17, 15) is 13.2 Å². The van der Waals surface area contributed by atoms with Crippen LogP contribution in [0.4, 0.5) is 11.4 Å². The number of amidine groups is 1. The zero-order chi connectivity index (χ0) is 22.1. The Hall–Kier alpha value is -1.54. The molecule has 2 fully saturated rings. The zero-order valence-electron chi connectivity index (χ0n) is 18.6. The molecule has 0 aromatic heterocycles. The van der Waals surface area contributed by atoms with Crippen LogP contribution in [-0.2, 0) is 14.6 Å². The Morgan fingerprint density at radius 1 is 1.20 bits per heavy atom. The number of amides is 1. The molecule has 0 radical (unpaired) electrons. The molecule has 6 nitrogen and oxygen atoms in total. The number of nitrogens with zero attached hydrogens (tertiary/aromatic N) is 3. The lowest BCUT2D eigenvalue weighted by atomic mass is 10.0. The summed E-state index contributed by atoms with van der Waals surface area (Å²) >= 11 is 1.45. The standard InChI is InChI=1S/C22H33N3O3S2/c1-6-16(7-2)21(26)23-22-25(19-13-30(27,28)14-20(19)29-22)18-11-10-17(12-15(18)5)24(8-3)9-4/h10-12,16,19-20H,6-9,13-14H2,1-5H3/t19-,20+/m1/s1. The third-order valence-corrected chi connectivity index (χ3v) is 9.39. The molecule has 30 heavy (non-hydrogen) atoms. The Balaban J connectivity index is 2.01. The highest BCUT2D eigenvalue weighted by Gasteiger charge is 2.49. The molecular formula is C22H33N3O3S2. The van der Waals surface area contributed by atoms with Gasteiger partial charge in [-0.15, -0.1) is 0 Å². The first-order chi connectivity index (χ1) is 14.2. The lowest BCUT2D eigenvalue weighted by Crippen LogP contribution is -2.38. The molecule has 2 aliphatic rings. The first-order valence-corrected chi connectivity index (χ1v) is 13.6. The molecule has 3 rings (SSSR count). The zero-order valence-corrected chi connectivity index (χ0v) is 20.2. The maximum absolute atomic E-state index is 12.7. The highest BCUT2D eigenvalue weighted by molar-refractivity contribution is 8.16. The van der Waals surface area contributed by atoms with Crippen molar-refractivity contribution in [3.63, 3.8) is 0 Å². The molecule has 0 unspecified atom stereocenters. The Morgan fingerprint density at radius 2 is 1.87 bits per heavy atom. The summed E-state index contributed by atoms with van der Waals surface area (Å²) in [7, 11) is -3.08. The van der Waals surface area contributed by atoms with Gasteiger partial charge >= 0.3 is 0 Å². The smallest absolute Gasteiger partial charge is 0.251 e. The van der Waals surface area contributed by atoms with Gasteiger partial charge in [0.1, 0.15) is 0 Å². The third kappa shape index (κ3) is 4.54. The molecule has 2 saturated heterocycles. The van der Waals surface area contributed by atoms with Crippen molar-refractivity contribution in [1.82, 2.24) is 0 Å². The number of carbonyl (C=O) groups is 1. The fraction of sp³-hybridized carbons (Fsp3) is 0.636. The molecule has 8 heteroatoms. The summed E-state index contributed by atoms with van der Waals surface area (Å²) in [5, 5.41) is 0.570. The van der Waals surface area contributed by atoms with E-state index in [-0.39, 0.29) is 34.6 Å². The van der Waals surface area contributed by atoms with Gasteiger partial charge < -0.3 is 9.80 Å². The molecule has 0 saturated carbocycles. The Morgan fingerprint density at radius 3 is 2.43 bits per heavy atom. The molecule has 0 spiro atoms. The minimum Gasteiger partial charge on any atom is -0.372 e.